The third-order valence-corrected chi connectivity index (χ3v) is 12.7. The first-order chi connectivity index (χ1) is 31.4. The smallest absolute Gasteiger partial charge is 0.338 e. The molecule has 64 heavy (non-hydrogen) atoms. The summed E-state index contributed by atoms with van der Waals surface area (Å²) in [5, 5.41) is 5.56. The topological polar surface area (TPSA) is 105 Å². The number of unbranched alkanes of at least 4 members (excludes halogenated alkanes) is 20. The van der Waals surface area contributed by atoms with Gasteiger partial charge < -0.3 is 18.9 Å². The highest BCUT2D eigenvalue weighted by atomic mass is 16.5. The lowest BCUT2D eigenvalue weighted by Gasteiger charge is -2.20. The van der Waals surface area contributed by atoms with E-state index in [0.717, 1.165) is 109 Å². The summed E-state index contributed by atoms with van der Waals surface area (Å²) in [6, 6.07) is 14.6. The highest BCUT2D eigenvalue weighted by Crippen LogP contribution is 2.44. The van der Waals surface area contributed by atoms with E-state index in [4.69, 9.17) is 18.9 Å². The Kier molecular flexibility index (Phi) is 21.7. The fourth-order valence-corrected chi connectivity index (χ4v) is 9.07. The molecule has 0 radical (unpaired) electrons. The van der Waals surface area contributed by atoms with E-state index in [9.17, 15) is 19.2 Å². The van der Waals surface area contributed by atoms with Crippen LogP contribution in [0, 0.1) is 0 Å². The van der Waals surface area contributed by atoms with Crippen molar-refractivity contribution < 1.29 is 38.1 Å². The van der Waals surface area contributed by atoms with Crippen LogP contribution in [0.15, 0.2) is 48.5 Å². The summed E-state index contributed by atoms with van der Waals surface area (Å²) in [6.45, 7) is 9.95. The van der Waals surface area contributed by atoms with Crippen LogP contribution >= 0.6 is 0 Å². The molecule has 0 N–H and O–H groups in total. The van der Waals surface area contributed by atoms with Crippen LogP contribution in [0.5, 0.6) is 0 Å². The van der Waals surface area contributed by atoms with E-state index in [0.29, 0.717) is 59.5 Å². The first kappa shape index (κ1) is 50.3. The van der Waals surface area contributed by atoms with Gasteiger partial charge in [0.05, 0.1) is 48.7 Å². The van der Waals surface area contributed by atoms with Crippen molar-refractivity contribution >= 4 is 67.0 Å². The lowest BCUT2D eigenvalue weighted by Crippen LogP contribution is -2.13. The van der Waals surface area contributed by atoms with Crippen LogP contribution < -0.4 is 0 Å². The minimum Gasteiger partial charge on any atom is -0.462 e. The Morgan fingerprint density at radius 1 is 0.281 bits per heavy atom. The fourth-order valence-electron chi connectivity index (χ4n) is 9.07. The number of fused-ring (bicyclic) bond motifs is 2. The van der Waals surface area contributed by atoms with E-state index in [1.54, 1.807) is 24.3 Å². The van der Waals surface area contributed by atoms with E-state index >= 15 is 0 Å². The summed E-state index contributed by atoms with van der Waals surface area (Å²) in [7, 11) is 0. The van der Waals surface area contributed by atoms with Crippen molar-refractivity contribution in [2.45, 2.75) is 182 Å². The van der Waals surface area contributed by atoms with Crippen LogP contribution in [-0.4, -0.2) is 50.3 Å². The normalized spacial score (nSPS) is 11.6. The van der Waals surface area contributed by atoms with Crippen molar-refractivity contribution in [1.29, 1.82) is 0 Å². The molecule has 0 saturated heterocycles. The highest BCUT2D eigenvalue weighted by molar-refractivity contribution is 6.38. The lowest BCUT2D eigenvalue weighted by molar-refractivity contribution is 0.0483. The molecule has 5 aromatic rings. The summed E-state index contributed by atoms with van der Waals surface area (Å²) in [5.41, 5.74) is 1.23. The van der Waals surface area contributed by atoms with Crippen molar-refractivity contribution in [1.82, 2.24) is 0 Å². The molecule has 5 aromatic carbocycles. The molecule has 0 bridgehead atoms. The number of esters is 4. The predicted molar refractivity (Wildman–Crippen MR) is 262 cm³/mol. The summed E-state index contributed by atoms with van der Waals surface area (Å²) >= 11 is 0. The molecule has 0 saturated carbocycles. The summed E-state index contributed by atoms with van der Waals surface area (Å²) in [4.78, 5) is 56.1. The van der Waals surface area contributed by atoms with Gasteiger partial charge in [-0.05, 0) is 82.3 Å². The molecule has 0 heterocycles. The molecular weight excluding hydrogens is 801 g/mol. The second-order valence-electron chi connectivity index (χ2n) is 17.8. The average molecular weight is 877 g/mol. The molecule has 0 aliphatic heterocycles. The Labute approximate surface area is 382 Å². The van der Waals surface area contributed by atoms with Gasteiger partial charge in [0.25, 0.3) is 0 Å². The van der Waals surface area contributed by atoms with E-state index in [-0.39, 0.29) is 0 Å². The minimum absolute atomic E-state index is 0.295. The van der Waals surface area contributed by atoms with E-state index in [1.807, 2.05) is 24.3 Å². The quantitative estimate of drug-likeness (QED) is 0.0138. The molecule has 0 aliphatic rings. The standard InChI is InChI=1S/C56H76O8/c1-5-9-13-17-21-25-37-61-53(57)45-33-29-41-43-31-35-47(55(59)63-39-27-23-19-15-11-7-3)52-48(56(60)64-40-28-24-20-16-12-8-4)36-32-44(50(43)52)42-30-34-46(51(45)49(41)42)54(58)62-38-26-22-18-14-10-6-2/h29-36H,5-28,37-40H2,1-4H3. The first-order valence-corrected chi connectivity index (χ1v) is 25.3. The maximum Gasteiger partial charge on any atom is 0.338 e. The van der Waals surface area contributed by atoms with Crippen LogP contribution in [0.3, 0.4) is 0 Å². The molecule has 0 fully saturated rings. The van der Waals surface area contributed by atoms with Crippen molar-refractivity contribution in [3.05, 3.63) is 70.8 Å². The zero-order chi connectivity index (χ0) is 45.5. The van der Waals surface area contributed by atoms with Gasteiger partial charge in [-0.2, -0.15) is 0 Å². The number of carbonyl (C=O) groups is 4. The zero-order valence-corrected chi connectivity index (χ0v) is 39.7. The van der Waals surface area contributed by atoms with Crippen LogP contribution in [0.4, 0.5) is 0 Å². The second-order valence-corrected chi connectivity index (χ2v) is 17.8. The molecule has 0 spiro atoms. The Hall–Kier alpha value is -4.72. The van der Waals surface area contributed by atoms with Gasteiger partial charge >= 0.3 is 23.9 Å². The van der Waals surface area contributed by atoms with Crippen molar-refractivity contribution in [3.8, 4) is 0 Å². The van der Waals surface area contributed by atoms with Gasteiger partial charge in [0, 0.05) is 10.8 Å². The number of ether oxygens (including phenoxy) is 4. The largest absolute Gasteiger partial charge is 0.462 e. The third kappa shape index (κ3) is 13.7. The number of hydrogen-bond acceptors (Lipinski definition) is 8. The van der Waals surface area contributed by atoms with Crippen molar-refractivity contribution in [3.63, 3.8) is 0 Å². The van der Waals surface area contributed by atoms with Crippen LogP contribution in [0.25, 0.3) is 43.1 Å². The molecule has 8 heteroatoms. The average Bonchev–Trinajstić information content (AvgIpc) is 3.31. The van der Waals surface area contributed by atoms with Crippen LogP contribution in [0.1, 0.15) is 223 Å². The number of rotatable bonds is 32. The Morgan fingerprint density at radius 2 is 0.484 bits per heavy atom. The number of hydrogen-bond donors (Lipinski definition) is 0. The van der Waals surface area contributed by atoms with Gasteiger partial charge in [0.15, 0.2) is 0 Å². The monoisotopic (exact) mass is 877 g/mol. The third-order valence-electron chi connectivity index (χ3n) is 12.7. The van der Waals surface area contributed by atoms with Gasteiger partial charge in [0.2, 0.25) is 0 Å². The molecule has 5 rings (SSSR count). The van der Waals surface area contributed by atoms with E-state index in [1.165, 1.54) is 77.0 Å². The molecule has 0 aromatic heterocycles. The SMILES string of the molecule is CCCCCCCCOC(=O)c1ccc2c3ccc(C(=O)OCCCCCCCC)c4c(C(=O)OCCCCCCCC)ccc(c5ccc(C(=O)OCCCCCCCC)c1c25)c43. The highest BCUT2D eigenvalue weighted by Gasteiger charge is 2.27. The Bertz CT molecular complexity index is 1930. The Morgan fingerprint density at radius 3 is 0.703 bits per heavy atom. The maximum atomic E-state index is 14.0. The first-order valence-electron chi connectivity index (χ1n) is 25.3. The maximum absolute atomic E-state index is 14.0. The van der Waals surface area contributed by atoms with E-state index in [2.05, 4.69) is 27.7 Å². The van der Waals surface area contributed by atoms with Crippen LogP contribution in [-0.2, 0) is 18.9 Å². The second kappa shape index (κ2) is 27.6. The van der Waals surface area contributed by atoms with Crippen molar-refractivity contribution in [2.24, 2.45) is 0 Å². The molecule has 0 aliphatic carbocycles. The van der Waals surface area contributed by atoms with Gasteiger partial charge in [-0.25, -0.2) is 19.2 Å². The number of carbonyl (C=O) groups excluding carboxylic acids is 4. The predicted octanol–water partition coefficient (Wildman–Crippen LogP) is 15.8. The zero-order valence-electron chi connectivity index (χ0n) is 39.7. The molecule has 8 nitrogen and oxygen atoms in total. The van der Waals surface area contributed by atoms with Crippen LogP contribution in [0.2, 0.25) is 0 Å². The fraction of sp³-hybridized carbons (Fsp3) is 0.571. The van der Waals surface area contributed by atoms with E-state index < -0.39 is 23.9 Å². The van der Waals surface area contributed by atoms with Gasteiger partial charge in [0.1, 0.15) is 0 Å². The van der Waals surface area contributed by atoms with Crippen molar-refractivity contribution in [2.75, 3.05) is 26.4 Å². The number of benzene rings is 5. The molecule has 348 valence electrons. The molecular formula is C56H76O8. The molecule has 0 amide bonds. The molecule has 0 atom stereocenters. The lowest BCUT2D eigenvalue weighted by atomic mass is 9.84. The van der Waals surface area contributed by atoms with Gasteiger partial charge in [-0.1, -0.05) is 180 Å². The van der Waals surface area contributed by atoms with Gasteiger partial charge in [-0.15, -0.1) is 0 Å². The summed E-state index contributed by atoms with van der Waals surface area (Å²) < 4.78 is 23.6. The minimum atomic E-state index is -0.481. The Balaban J connectivity index is 1.57. The summed E-state index contributed by atoms with van der Waals surface area (Å²) in [5.74, 6) is -1.93. The molecule has 0 unspecified atom stereocenters. The summed E-state index contributed by atoms with van der Waals surface area (Å²) in [6.07, 6.45) is 25.6. The van der Waals surface area contributed by atoms with Gasteiger partial charge in [-0.3, -0.25) is 0 Å².